The highest BCUT2D eigenvalue weighted by molar-refractivity contribution is 5.98. The molecule has 1 saturated heterocycles. The molecule has 2 aromatic carbocycles. The molecule has 0 atom stereocenters. The van der Waals surface area contributed by atoms with Crippen molar-refractivity contribution in [3.8, 4) is 0 Å². The minimum absolute atomic E-state index is 0.0210. The lowest BCUT2D eigenvalue weighted by molar-refractivity contribution is 0.0942. The molecule has 18 heavy (non-hydrogen) atoms. The molecule has 3 heteroatoms. The summed E-state index contributed by atoms with van der Waals surface area (Å²) in [5.74, 6) is 0.613. The quantitative estimate of drug-likeness (QED) is 0.858. The highest BCUT2D eigenvalue weighted by atomic mass is 16.1. The Balaban J connectivity index is 1.74. The molecule has 2 N–H and O–H groups in total. The van der Waals surface area contributed by atoms with Gasteiger partial charge in [0.2, 0.25) is 0 Å². The number of hydrogen-bond acceptors (Lipinski definition) is 2. The molecule has 92 valence electrons. The molecular formula is C15H16N2O. The fourth-order valence-electron chi connectivity index (χ4n) is 2.16. The van der Waals surface area contributed by atoms with Gasteiger partial charge in [-0.2, -0.15) is 0 Å². The van der Waals surface area contributed by atoms with Crippen molar-refractivity contribution in [3.05, 3.63) is 48.0 Å². The minimum Gasteiger partial charge on any atom is -0.352 e. The SMILES string of the molecule is O=C(NCC1CNC1)c1ccc2ccccc2c1. The second-order valence-electron chi connectivity index (χ2n) is 4.80. The van der Waals surface area contributed by atoms with Crippen LogP contribution in [0.4, 0.5) is 0 Å². The van der Waals surface area contributed by atoms with Gasteiger partial charge in [-0.25, -0.2) is 0 Å². The second-order valence-corrected chi connectivity index (χ2v) is 4.80. The smallest absolute Gasteiger partial charge is 0.251 e. The summed E-state index contributed by atoms with van der Waals surface area (Å²) in [6.07, 6.45) is 0. The summed E-state index contributed by atoms with van der Waals surface area (Å²) < 4.78 is 0. The number of amides is 1. The molecule has 1 aliphatic heterocycles. The van der Waals surface area contributed by atoms with Crippen LogP contribution in [-0.2, 0) is 0 Å². The average Bonchev–Trinajstić information content (AvgIpc) is 2.36. The Morgan fingerprint density at radius 2 is 1.94 bits per heavy atom. The van der Waals surface area contributed by atoms with Crippen LogP contribution in [0.2, 0.25) is 0 Å². The number of benzene rings is 2. The zero-order valence-electron chi connectivity index (χ0n) is 10.1. The zero-order valence-corrected chi connectivity index (χ0v) is 10.1. The Morgan fingerprint density at radius 3 is 2.67 bits per heavy atom. The van der Waals surface area contributed by atoms with Gasteiger partial charge in [0, 0.05) is 31.1 Å². The molecular weight excluding hydrogens is 224 g/mol. The van der Waals surface area contributed by atoms with Crippen LogP contribution >= 0.6 is 0 Å². The number of fused-ring (bicyclic) bond motifs is 1. The summed E-state index contributed by atoms with van der Waals surface area (Å²) in [7, 11) is 0. The van der Waals surface area contributed by atoms with Crippen molar-refractivity contribution in [2.45, 2.75) is 0 Å². The fraction of sp³-hybridized carbons (Fsp3) is 0.267. The number of carbonyl (C=O) groups excluding carboxylic acids is 1. The van der Waals surface area contributed by atoms with Crippen LogP contribution in [0.25, 0.3) is 10.8 Å². The molecule has 1 aliphatic rings. The molecule has 1 fully saturated rings. The van der Waals surface area contributed by atoms with Gasteiger partial charge in [-0.1, -0.05) is 30.3 Å². The maximum absolute atomic E-state index is 12.0. The van der Waals surface area contributed by atoms with Crippen molar-refractivity contribution in [1.82, 2.24) is 10.6 Å². The molecule has 3 rings (SSSR count). The number of nitrogens with one attached hydrogen (secondary N) is 2. The summed E-state index contributed by atoms with van der Waals surface area (Å²) in [5.41, 5.74) is 0.737. The van der Waals surface area contributed by atoms with E-state index in [0.29, 0.717) is 5.92 Å². The molecule has 0 radical (unpaired) electrons. The lowest BCUT2D eigenvalue weighted by Crippen LogP contribution is -2.48. The first-order valence-electron chi connectivity index (χ1n) is 6.30. The Kier molecular flexibility index (Phi) is 2.99. The van der Waals surface area contributed by atoms with E-state index in [4.69, 9.17) is 0 Å². The Bertz CT molecular complexity index is 575. The molecule has 1 amide bonds. The molecule has 0 unspecified atom stereocenters. The predicted octanol–water partition coefficient (Wildman–Crippen LogP) is 1.79. The number of hydrogen-bond donors (Lipinski definition) is 2. The third-order valence-corrected chi connectivity index (χ3v) is 3.43. The van der Waals surface area contributed by atoms with Crippen molar-refractivity contribution in [1.29, 1.82) is 0 Å². The van der Waals surface area contributed by atoms with Gasteiger partial charge >= 0.3 is 0 Å². The summed E-state index contributed by atoms with van der Waals surface area (Å²) in [6, 6.07) is 13.9. The fourth-order valence-corrected chi connectivity index (χ4v) is 2.16. The third-order valence-electron chi connectivity index (χ3n) is 3.43. The lowest BCUT2D eigenvalue weighted by atomic mass is 10.0. The van der Waals surface area contributed by atoms with E-state index >= 15 is 0 Å². The topological polar surface area (TPSA) is 41.1 Å². The second kappa shape index (κ2) is 4.78. The van der Waals surface area contributed by atoms with E-state index in [1.54, 1.807) is 0 Å². The van der Waals surface area contributed by atoms with Crippen LogP contribution in [0, 0.1) is 5.92 Å². The largest absolute Gasteiger partial charge is 0.352 e. The molecule has 0 aliphatic carbocycles. The summed E-state index contributed by atoms with van der Waals surface area (Å²) >= 11 is 0. The van der Waals surface area contributed by atoms with Crippen molar-refractivity contribution < 1.29 is 4.79 Å². The van der Waals surface area contributed by atoms with Crippen LogP contribution in [0.1, 0.15) is 10.4 Å². The van der Waals surface area contributed by atoms with Crippen molar-refractivity contribution >= 4 is 16.7 Å². The van der Waals surface area contributed by atoms with Gasteiger partial charge in [0.1, 0.15) is 0 Å². The van der Waals surface area contributed by atoms with E-state index < -0.39 is 0 Å². The minimum atomic E-state index is 0.0210. The highest BCUT2D eigenvalue weighted by Crippen LogP contribution is 2.15. The maximum atomic E-state index is 12.0. The van der Waals surface area contributed by atoms with Crippen molar-refractivity contribution in [3.63, 3.8) is 0 Å². The van der Waals surface area contributed by atoms with Gasteiger partial charge in [-0.3, -0.25) is 4.79 Å². The number of rotatable bonds is 3. The van der Waals surface area contributed by atoms with Gasteiger partial charge in [-0.05, 0) is 22.9 Å². The van der Waals surface area contributed by atoms with E-state index in [1.165, 1.54) is 0 Å². The molecule has 2 aromatic rings. The highest BCUT2D eigenvalue weighted by Gasteiger charge is 2.17. The first-order valence-corrected chi connectivity index (χ1v) is 6.30. The van der Waals surface area contributed by atoms with Crippen LogP contribution in [0.5, 0.6) is 0 Å². The van der Waals surface area contributed by atoms with Gasteiger partial charge in [0.05, 0.1) is 0 Å². The summed E-state index contributed by atoms with van der Waals surface area (Å²) in [4.78, 5) is 12.0. The predicted molar refractivity (Wildman–Crippen MR) is 72.6 cm³/mol. The maximum Gasteiger partial charge on any atom is 0.251 e. The lowest BCUT2D eigenvalue weighted by Gasteiger charge is -2.27. The average molecular weight is 240 g/mol. The van der Waals surface area contributed by atoms with Gasteiger partial charge in [-0.15, -0.1) is 0 Å². The van der Waals surface area contributed by atoms with Gasteiger partial charge in [0.15, 0.2) is 0 Å². The zero-order chi connectivity index (χ0) is 12.4. The van der Waals surface area contributed by atoms with Gasteiger partial charge in [0.25, 0.3) is 5.91 Å². The van der Waals surface area contributed by atoms with Crippen LogP contribution in [0.3, 0.4) is 0 Å². The monoisotopic (exact) mass is 240 g/mol. The van der Waals surface area contributed by atoms with E-state index in [1.807, 2.05) is 36.4 Å². The van der Waals surface area contributed by atoms with Crippen LogP contribution in [0.15, 0.2) is 42.5 Å². The van der Waals surface area contributed by atoms with Gasteiger partial charge < -0.3 is 10.6 Å². The summed E-state index contributed by atoms with van der Waals surface area (Å²) in [5, 5.41) is 8.46. The normalized spacial score (nSPS) is 15.3. The third kappa shape index (κ3) is 2.22. The van der Waals surface area contributed by atoms with E-state index in [9.17, 15) is 4.79 Å². The molecule has 0 bridgehead atoms. The molecule has 1 heterocycles. The first kappa shape index (κ1) is 11.2. The van der Waals surface area contributed by atoms with E-state index in [2.05, 4.69) is 16.7 Å². The summed E-state index contributed by atoms with van der Waals surface area (Å²) in [6.45, 7) is 2.79. The molecule has 0 aromatic heterocycles. The number of carbonyl (C=O) groups is 1. The van der Waals surface area contributed by atoms with E-state index in [0.717, 1.165) is 36.0 Å². The molecule has 0 spiro atoms. The molecule has 0 saturated carbocycles. The van der Waals surface area contributed by atoms with Crippen molar-refractivity contribution in [2.24, 2.45) is 5.92 Å². The standard InChI is InChI=1S/C15H16N2O/c18-15(17-10-11-8-16-9-11)14-6-5-12-3-1-2-4-13(12)7-14/h1-7,11,16H,8-10H2,(H,17,18). The van der Waals surface area contributed by atoms with Crippen LogP contribution in [-0.4, -0.2) is 25.5 Å². The Labute approximate surface area is 106 Å². The Hall–Kier alpha value is -1.87. The van der Waals surface area contributed by atoms with E-state index in [-0.39, 0.29) is 5.91 Å². The van der Waals surface area contributed by atoms with Crippen molar-refractivity contribution in [2.75, 3.05) is 19.6 Å². The first-order chi connectivity index (χ1) is 8.83. The molecule has 3 nitrogen and oxygen atoms in total. The van der Waals surface area contributed by atoms with Crippen LogP contribution < -0.4 is 10.6 Å². The Morgan fingerprint density at radius 1 is 1.17 bits per heavy atom.